The van der Waals surface area contributed by atoms with Gasteiger partial charge in [0.1, 0.15) is 18.0 Å². The maximum atomic E-state index is 8.79. The highest BCUT2D eigenvalue weighted by Gasteiger charge is 2.34. The summed E-state index contributed by atoms with van der Waals surface area (Å²) in [7, 11) is 0. The van der Waals surface area contributed by atoms with Crippen LogP contribution in [0.5, 0.6) is 5.75 Å². The molecule has 2 aromatic rings. The third kappa shape index (κ3) is 4.24. The fourth-order valence-corrected chi connectivity index (χ4v) is 3.91. The zero-order valence-corrected chi connectivity index (χ0v) is 15.5. The highest BCUT2D eigenvalue weighted by molar-refractivity contribution is 5.60. The number of hydrogen-bond donors (Lipinski definition) is 1. The van der Waals surface area contributed by atoms with Crippen molar-refractivity contribution in [3.8, 4) is 17.6 Å². The molecular formula is C24H25NO2. The van der Waals surface area contributed by atoms with Gasteiger partial charge in [-0.15, -0.1) is 0 Å². The van der Waals surface area contributed by atoms with Gasteiger partial charge in [-0.1, -0.05) is 48.2 Å². The van der Waals surface area contributed by atoms with Crippen LogP contribution in [-0.4, -0.2) is 35.3 Å². The molecule has 1 atom stereocenters. The minimum atomic E-state index is -0.160. The molecule has 1 fully saturated rings. The van der Waals surface area contributed by atoms with Gasteiger partial charge in [0, 0.05) is 30.6 Å². The Bertz CT molecular complexity index is 875. The first-order chi connectivity index (χ1) is 13.3. The zero-order chi connectivity index (χ0) is 18.5. The van der Waals surface area contributed by atoms with Crippen LogP contribution in [0.15, 0.2) is 54.6 Å². The standard InChI is InChI=1S/C24H25NO2/c26-18-3-5-20-8-10-21(11-9-20)19-25-16-4-13-24(15-17-25)14-12-22-6-1-2-7-23(22)27-24/h1-2,6-12,14,26H,4,13,15-19H2/t24-/m0/s1. The average Bonchev–Trinajstić information content (AvgIpc) is 2.90. The highest BCUT2D eigenvalue weighted by atomic mass is 16.5. The van der Waals surface area contributed by atoms with Gasteiger partial charge in [-0.25, -0.2) is 0 Å². The first-order valence-electron chi connectivity index (χ1n) is 9.65. The topological polar surface area (TPSA) is 32.7 Å². The lowest BCUT2D eigenvalue weighted by atomic mass is 9.91. The Morgan fingerprint density at radius 1 is 1.04 bits per heavy atom. The maximum absolute atomic E-state index is 8.79. The summed E-state index contributed by atoms with van der Waals surface area (Å²) in [6.07, 6.45) is 7.70. The number of ether oxygens (including phenoxy) is 1. The van der Waals surface area contributed by atoms with Gasteiger partial charge in [-0.2, -0.15) is 0 Å². The van der Waals surface area contributed by atoms with E-state index in [1.807, 2.05) is 18.2 Å². The number of nitrogens with zero attached hydrogens (tertiary/aromatic N) is 1. The van der Waals surface area contributed by atoms with Gasteiger partial charge in [0.2, 0.25) is 0 Å². The van der Waals surface area contributed by atoms with Crippen molar-refractivity contribution < 1.29 is 9.84 Å². The molecule has 1 saturated heterocycles. The molecule has 3 heteroatoms. The maximum Gasteiger partial charge on any atom is 0.129 e. The molecule has 1 N–H and O–H groups in total. The monoisotopic (exact) mass is 359 g/mol. The summed E-state index contributed by atoms with van der Waals surface area (Å²) < 4.78 is 6.44. The lowest BCUT2D eigenvalue weighted by Crippen LogP contribution is -2.36. The van der Waals surface area contributed by atoms with Gasteiger partial charge in [0.15, 0.2) is 0 Å². The number of aliphatic hydroxyl groups is 1. The molecule has 27 heavy (non-hydrogen) atoms. The summed E-state index contributed by atoms with van der Waals surface area (Å²) >= 11 is 0. The van der Waals surface area contributed by atoms with Crippen LogP contribution in [0.1, 0.15) is 36.0 Å². The summed E-state index contributed by atoms with van der Waals surface area (Å²) in [5.74, 6) is 6.64. The molecule has 0 bridgehead atoms. The van der Waals surface area contributed by atoms with Crippen LogP contribution in [0.3, 0.4) is 0 Å². The minimum Gasteiger partial charge on any atom is -0.483 e. The molecule has 0 unspecified atom stereocenters. The molecule has 0 amide bonds. The third-order valence-electron chi connectivity index (χ3n) is 5.40. The van der Waals surface area contributed by atoms with E-state index in [1.165, 1.54) is 11.1 Å². The average molecular weight is 359 g/mol. The second-order valence-corrected chi connectivity index (χ2v) is 7.32. The van der Waals surface area contributed by atoms with E-state index in [0.29, 0.717) is 0 Å². The molecule has 2 aromatic carbocycles. The number of fused-ring (bicyclic) bond motifs is 1. The van der Waals surface area contributed by atoms with Crippen LogP contribution < -0.4 is 4.74 Å². The van der Waals surface area contributed by atoms with E-state index in [2.05, 4.69) is 59.2 Å². The van der Waals surface area contributed by atoms with Crippen molar-refractivity contribution >= 4 is 6.08 Å². The Hall–Kier alpha value is -2.54. The van der Waals surface area contributed by atoms with Crippen molar-refractivity contribution in [1.82, 2.24) is 4.90 Å². The van der Waals surface area contributed by atoms with Crippen molar-refractivity contribution in [3.63, 3.8) is 0 Å². The largest absolute Gasteiger partial charge is 0.483 e. The first kappa shape index (κ1) is 17.9. The second kappa shape index (κ2) is 8.00. The van der Waals surface area contributed by atoms with Crippen LogP contribution in [-0.2, 0) is 6.54 Å². The van der Waals surface area contributed by atoms with Crippen LogP contribution in [0.4, 0.5) is 0 Å². The van der Waals surface area contributed by atoms with Gasteiger partial charge in [-0.3, -0.25) is 4.90 Å². The van der Waals surface area contributed by atoms with E-state index in [1.54, 1.807) is 0 Å². The molecule has 0 aliphatic carbocycles. The summed E-state index contributed by atoms with van der Waals surface area (Å²) in [6.45, 7) is 2.97. The molecule has 2 heterocycles. The van der Waals surface area contributed by atoms with E-state index in [0.717, 1.165) is 50.2 Å². The third-order valence-corrected chi connectivity index (χ3v) is 5.40. The van der Waals surface area contributed by atoms with Crippen LogP contribution in [0.2, 0.25) is 0 Å². The zero-order valence-electron chi connectivity index (χ0n) is 15.5. The van der Waals surface area contributed by atoms with E-state index in [4.69, 9.17) is 9.84 Å². The van der Waals surface area contributed by atoms with Crippen LogP contribution >= 0.6 is 0 Å². The van der Waals surface area contributed by atoms with Crippen LogP contribution in [0, 0.1) is 11.8 Å². The molecule has 0 aromatic heterocycles. The molecule has 0 saturated carbocycles. The van der Waals surface area contributed by atoms with Crippen molar-refractivity contribution in [2.24, 2.45) is 0 Å². The first-order valence-corrected chi connectivity index (χ1v) is 9.65. The molecule has 1 spiro atoms. The normalized spacial score (nSPS) is 21.7. The Balaban J connectivity index is 1.39. The van der Waals surface area contributed by atoms with E-state index >= 15 is 0 Å². The van der Waals surface area contributed by atoms with Crippen LogP contribution in [0.25, 0.3) is 6.08 Å². The molecular weight excluding hydrogens is 334 g/mol. The molecule has 2 aliphatic rings. The lowest BCUT2D eigenvalue weighted by Gasteiger charge is -2.34. The molecule has 138 valence electrons. The molecule has 4 rings (SSSR count). The summed E-state index contributed by atoms with van der Waals surface area (Å²) in [6, 6.07) is 16.6. The Morgan fingerprint density at radius 2 is 1.89 bits per heavy atom. The number of aliphatic hydroxyl groups excluding tert-OH is 1. The molecule has 3 nitrogen and oxygen atoms in total. The Kier molecular flexibility index (Phi) is 5.29. The number of benzene rings is 2. The van der Waals surface area contributed by atoms with Gasteiger partial charge in [-0.05, 0) is 49.2 Å². The minimum absolute atomic E-state index is 0.0989. The predicted molar refractivity (Wildman–Crippen MR) is 108 cm³/mol. The summed E-state index contributed by atoms with van der Waals surface area (Å²) in [5.41, 5.74) is 3.26. The number of para-hydroxylation sites is 1. The quantitative estimate of drug-likeness (QED) is 0.827. The smallest absolute Gasteiger partial charge is 0.129 e. The SMILES string of the molecule is OCC#Cc1ccc(CN2CCC[C@]3(C=Cc4ccccc4O3)CC2)cc1. The fraction of sp³-hybridized carbons (Fsp3) is 0.333. The lowest BCUT2D eigenvalue weighted by molar-refractivity contribution is 0.0990. The van der Waals surface area contributed by atoms with E-state index in [9.17, 15) is 0 Å². The number of hydrogen-bond acceptors (Lipinski definition) is 3. The predicted octanol–water partition coefficient (Wildman–Crippen LogP) is 3.86. The number of likely N-dealkylation sites (tertiary alicyclic amines) is 1. The fourth-order valence-electron chi connectivity index (χ4n) is 3.91. The van der Waals surface area contributed by atoms with Crippen molar-refractivity contribution in [2.75, 3.05) is 19.7 Å². The number of rotatable bonds is 2. The molecule has 2 aliphatic heterocycles. The van der Waals surface area contributed by atoms with E-state index in [-0.39, 0.29) is 12.2 Å². The Labute approximate surface area is 161 Å². The van der Waals surface area contributed by atoms with Gasteiger partial charge in [0.25, 0.3) is 0 Å². The second-order valence-electron chi connectivity index (χ2n) is 7.32. The van der Waals surface area contributed by atoms with Crippen molar-refractivity contribution in [1.29, 1.82) is 0 Å². The summed E-state index contributed by atoms with van der Waals surface area (Å²) in [4.78, 5) is 2.51. The molecule has 0 radical (unpaired) electrons. The van der Waals surface area contributed by atoms with E-state index < -0.39 is 0 Å². The van der Waals surface area contributed by atoms with Crippen molar-refractivity contribution in [2.45, 2.75) is 31.4 Å². The van der Waals surface area contributed by atoms with Crippen molar-refractivity contribution in [3.05, 3.63) is 71.3 Å². The summed E-state index contributed by atoms with van der Waals surface area (Å²) in [5, 5.41) is 8.79. The van der Waals surface area contributed by atoms with Gasteiger partial charge >= 0.3 is 0 Å². The highest BCUT2D eigenvalue weighted by Crippen LogP contribution is 2.37. The van der Waals surface area contributed by atoms with Gasteiger partial charge in [0.05, 0.1) is 0 Å². The van der Waals surface area contributed by atoms with Gasteiger partial charge < -0.3 is 9.84 Å². The Morgan fingerprint density at radius 3 is 2.74 bits per heavy atom.